The van der Waals surface area contributed by atoms with Crippen LogP contribution in [-0.2, 0) is 55.5 Å². The van der Waals surface area contributed by atoms with Crippen molar-refractivity contribution in [3.63, 3.8) is 0 Å². The van der Waals surface area contributed by atoms with Crippen molar-refractivity contribution in [2.45, 2.75) is 149 Å². The molecule has 2 bridgehead atoms. The number of aliphatic carboxylic acids is 1. The van der Waals surface area contributed by atoms with Crippen molar-refractivity contribution in [3.05, 3.63) is 76.4 Å². The van der Waals surface area contributed by atoms with E-state index >= 15 is 9.59 Å². The molecular weight excluding hydrogens is 1190 g/mol. The van der Waals surface area contributed by atoms with E-state index in [1.807, 2.05) is 49.1 Å². The van der Waals surface area contributed by atoms with Crippen LogP contribution in [0.5, 0.6) is 5.75 Å². The summed E-state index contributed by atoms with van der Waals surface area (Å²) in [6.45, 7) is 6.20. The monoisotopic (exact) mass is 1280 g/mol. The molecule has 1 unspecified atom stereocenters. The molecule has 3 amide bonds. The van der Waals surface area contributed by atoms with Crippen LogP contribution >= 0.6 is 21.6 Å². The van der Waals surface area contributed by atoms with Gasteiger partial charge in [-0.25, -0.2) is 4.79 Å². The van der Waals surface area contributed by atoms with Crippen molar-refractivity contribution in [1.82, 2.24) is 25.8 Å². The second kappa shape index (κ2) is 27.5. The number of carbonyl (C=O) groups is 6. The summed E-state index contributed by atoms with van der Waals surface area (Å²) in [5.41, 5.74) is -1.05. The topological polar surface area (TPSA) is 358 Å². The van der Waals surface area contributed by atoms with E-state index in [4.69, 9.17) is 19.3 Å². The van der Waals surface area contributed by atoms with Gasteiger partial charge in [0.1, 0.15) is 54.8 Å². The highest BCUT2D eigenvalue weighted by Gasteiger charge is 2.79. The quantitative estimate of drug-likeness (QED) is 0.0258. The largest absolute Gasteiger partial charge is 0.496 e. The van der Waals surface area contributed by atoms with Crippen LogP contribution in [0.25, 0.3) is 5.57 Å². The number of esters is 2. The summed E-state index contributed by atoms with van der Waals surface area (Å²) in [6, 6.07) is 9.31. The van der Waals surface area contributed by atoms with E-state index in [0.717, 1.165) is 38.6 Å². The van der Waals surface area contributed by atoms with Crippen molar-refractivity contribution >= 4 is 68.5 Å². The number of anilines is 1. The Morgan fingerprint density at radius 3 is 2.35 bits per heavy atom. The number of carboxylic acids is 1. The van der Waals surface area contributed by atoms with Crippen LogP contribution in [-0.4, -0.2) is 243 Å². The molecule has 12 N–H and O–H groups in total. The van der Waals surface area contributed by atoms with Gasteiger partial charge in [0.15, 0.2) is 5.60 Å². The molecule has 26 heteroatoms. The summed E-state index contributed by atoms with van der Waals surface area (Å²) in [6.07, 6.45) is -1.93. The highest BCUT2D eigenvalue weighted by Crippen LogP contribution is 2.68. The van der Waals surface area contributed by atoms with Gasteiger partial charge in [0, 0.05) is 97.8 Å². The normalized spacial score (nSPS) is 31.1. The smallest absolute Gasteiger partial charge is 0.327 e. The van der Waals surface area contributed by atoms with Gasteiger partial charge in [-0.2, -0.15) is 0 Å². The number of hydrogen-bond donors (Lipinski definition) is 12. The summed E-state index contributed by atoms with van der Waals surface area (Å²) < 4.78 is 17.9. The summed E-state index contributed by atoms with van der Waals surface area (Å²) in [5, 5.41) is 104. The number of benzene rings is 2. The van der Waals surface area contributed by atoms with Gasteiger partial charge in [-0.3, -0.25) is 33.8 Å². The number of likely N-dealkylation sites (N-methyl/N-ethyl adjacent to an activating group) is 1. The number of methoxy groups -OCH3 is 2. The summed E-state index contributed by atoms with van der Waals surface area (Å²) in [5.74, 6) is -5.32. The minimum atomic E-state index is -2.56. The maximum absolute atomic E-state index is 15.6. The molecule has 2 aromatic carbocycles. The predicted molar refractivity (Wildman–Crippen MR) is 330 cm³/mol. The van der Waals surface area contributed by atoms with E-state index < -0.39 is 137 Å². The average molecular weight is 1280 g/mol. The Balaban J connectivity index is 0.898. The highest BCUT2D eigenvalue weighted by molar-refractivity contribution is 8.76. The molecule has 0 radical (unpaired) electrons. The number of hydrogen-bond acceptors (Lipinski definition) is 22. The number of carboxylic acid groups (broad SMARTS) is 1. The van der Waals surface area contributed by atoms with Crippen LogP contribution in [0.15, 0.2) is 54.1 Å². The number of fused-ring (bicyclic) bond motifs is 5. The van der Waals surface area contributed by atoms with E-state index in [9.17, 15) is 60.0 Å². The van der Waals surface area contributed by atoms with Gasteiger partial charge in [0.05, 0.1) is 38.6 Å². The van der Waals surface area contributed by atoms with Gasteiger partial charge in [-0.1, -0.05) is 78.8 Å². The first-order valence-corrected chi connectivity index (χ1v) is 33.3. The van der Waals surface area contributed by atoms with Crippen LogP contribution in [0.3, 0.4) is 0 Å². The minimum Gasteiger partial charge on any atom is -0.496 e. The van der Waals surface area contributed by atoms with Crippen molar-refractivity contribution < 1.29 is 88.9 Å². The number of rotatable bonds is 26. The molecule has 5 heterocycles. The fraction of sp³-hybridized carbons (Fsp3) is 0.651. The molecule has 1 saturated carbocycles. The molecule has 9 rings (SSSR count). The fourth-order valence-electron chi connectivity index (χ4n) is 16.1. The molecule has 2 saturated heterocycles. The number of amides is 3. The lowest BCUT2D eigenvalue weighted by Crippen LogP contribution is -2.81. The molecule has 89 heavy (non-hydrogen) atoms. The Morgan fingerprint density at radius 2 is 1.65 bits per heavy atom. The number of ether oxygens (including phenoxy) is 3. The third kappa shape index (κ3) is 12.3. The number of nitrogens with one attached hydrogen (secondary N) is 3. The number of nitrogens with zero attached hydrogens (tertiary/aromatic N) is 3. The van der Waals surface area contributed by atoms with E-state index in [0.29, 0.717) is 94.7 Å². The lowest BCUT2D eigenvalue weighted by atomic mass is 9.47. The number of carbonyl (C=O) groups excluding carboxylic acids is 5. The zero-order chi connectivity index (χ0) is 64.5. The predicted octanol–water partition coefficient (Wildman–Crippen LogP) is 0.154. The van der Waals surface area contributed by atoms with E-state index in [-0.39, 0.29) is 36.9 Å². The van der Waals surface area contributed by atoms with Crippen LogP contribution in [0.1, 0.15) is 94.4 Å². The van der Waals surface area contributed by atoms with Crippen LogP contribution in [0.2, 0.25) is 0 Å². The third-order valence-corrected chi connectivity index (χ3v) is 22.8. The van der Waals surface area contributed by atoms with Crippen molar-refractivity contribution in [2.24, 2.45) is 17.3 Å². The molecule has 5 aliphatic heterocycles. The Labute approximate surface area is 526 Å². The first-order valence-electron chi connectivity index (χ1n) is 30.8. The standard InChI is InChI=1S/C63H88N6O18S2/c1-7-59(83)27-36-28-62(58(82)86-6,40-24-37-12-9-10-13-38(37)39(40)16-20-68(31-36)34-59)42-25-41-44(26-47(42)85-5)67(4)55-61(41)18-21-69-19-11-17-60(8-2,54(61)69)56(80)63(55,84)57(81)65-30-49(74)87-22-23-88-89-33-43(53(78)79)66-52(77)35(3)14-15-48(73)64-29-45(71)50(75)51(76)46(72)32-70/h9-13,17,25-26,35-36,43,45-46,50-51,54-56,70-72,75-76,80,83-84H,7-8,14-16,18-24,27-34H2,1-6H3,(H,64,73)(H,65,81)(H,66,77)(H,78,79)/t35-,36+,43-,45-,46+,50+,51+,54-,55+,56+,59-,60+,61+,62+,63-/m0/s1. The van der Waals surface area contributed by atoms with Crippen LogP contribution < -0.4 is 25.6 Å². The van der Waals surface area contributed by atoms with Crippen LogP contribution in [0, 0.1) is 17.3 Å². The summed E-state index contributed by atoms with van der Waals surface area (Å²) in [4.78, 5) is 88.2. The fourth-order valence-corrected chi connectivity index (χ4v) is 18.0. The van der Waals surface area contributed by atoms with Crippen molar-refractivity contribution in [1.29, 1.82) is 0 Å². The lowest BCUT2D eigenvalue weighted by molar-refractivity contribution is -0.203. The van der Waals surface area contributed by atoms with Crippen molar-refractivity contribution in [2.75, 3.05) is 96.7 Å². The molecule has 24 nitrogen and oxygen atoms in total. The Morgan fingerprint density at radius 1 is 0.910 bits per heavy atom. The third-order valence-electron chi connectivity index (χ3n) is 20.4. The maximum atomic E-state index is 15.6. The zero-order valence-corrected chi connectivity index (χ0v) is 53.0. The highest BCUT2D eigenvalue weighted by atomic mass is 33.1. The summed E-state index contributed by atoms with van der Waals surface area (Å²) >= 11 is 0. The molecule has 0 aromatic heterocycles. The van der Waals surface area contributed by atoms with Gasteiger partial charge >= 0.3 is 17.9 Å². The molecule has 490 valence electrons. The second-order valence-electron chi connectivity index (χ2n) is 25.3. The maximum Gasteiger partial charge on any atom is 0.327 e. The lowest BCUT2D eigenvalue weighted by Gasteiger charge is -2.63. The summed E-state index contributed by atoms with van der Waals surface area (Å²) in [7, 11) is 7.02. The molecule has 16 atom stereocenters. The van der Waals surface area contributed by atoms with E-state index in [2.05, 4.69) is 43.9 Å². The number of aliphatic hydroxyl groups excluding tert-OH is 6. The SMILES string of the molecule is CC[C@]1(O)C[C@H]2CN(CCC3=C(Cc4ccccc43)[C@@](C(=O)OC)(c3cc4c(cc3OC)N(C)[C@H]3[C@@](O)(C(=O)NCC(=O)OCCSSC[C@H](NC(=O)[C@@H](C)CCC(=O)NC[C@H](O)[C@@H](O)[C@H](O)[C@H](O)CO)C(=O)O)[C@H](O)[C@]5(CC)C=CCN6CC[C@]43[C@@H]65)C2)C1. The minimum absolute atomic E-state index is 0.00939. The van der Waals surface area contributed by atoms with Gasteiger partial charge < -0.3 is 81.0 Å². The van der Waals surface area contributed by atoms with E-state index in [1.54, 1.807) is 14.2 Å². The molecule has 2 aromatic rings. The molecule has 2 aliphatic carbocycles. The number of piperidine rings is 1. The van der Waals surface area contributed by atoms with Gasteiger partial charge in [0.2, 0.25) is 11.8 Å². The molecule has 3 fully saturated rings. The number of aliphatic hydroxyl groups is 8. The Bertz CT molecular complexity index is 3070. The zero-order valence-electron chi connectivity index (χ0n) is 51.4. The second-order valence-corrected chi connectivity index (χ2v) is 28.0. The van der Waals surface area contributed by atoms with Gasteiger partial charge in [-0.15, -0.1) is 0 Å². The van der Waals surface area contributed by atoms with Gasteiger partial charge in [0.25, 0.3) is 5.91 Å². The molecular formula is C63H88N6O18S2. The van der Waals surface area contributed by atoms with Gasteiger partial charge in [-0.05, 0) is 97.7 Å². The first-order chi connectivity index (χ1) is 42.3. The molecule has 7 aliphatic rings. The Hall–Kier alpha value is -5.36. The van der Waals surface area contributed by atoms with Crippen LogP contribution in [0.4, 0.5) is 5.69 Å². The van der Waals surface area contributed by atoms with E-state index in [1.165, 1.54) is 24.8 Å². The average Bonchev–Trinajstić information content (AvgIpc) is 1.55. The van der Waals surface area contributed by atoms with Crippen molar-refractivity contribution in [3.8, 4) is 5.75 Å². The first kappa shape index (κ1) is 68.0. The molecule has 1 spiro atoms. The Kier molecular flexibility index (Phi) is 21.0.